The van der Waals surface area contributed by atoms with E-state index in [9.17, 15) is 9.59 Å². The molecule has 0 bridgehead atoms. The smallest absolute Gasteiger partial charge is 0.405 e. The molecule has 0 saturated carbocycles. The van der Waals surface area contributed by atoms with Crippen LogP contribution in [0.3, 0.4) is 0 Å². The van der Waals surface area contributed by atoms with E-state index >= 15 is 0 Å². The van der Waals surface area contributed by atoms with Gasteiger partial charge in [-0.05, 0) is 12.3 Å². The molecule has 178 valence electrons. The molecule has 2 unspecified atom stereocenters. The van der Waals surface area contributed by atoms with Crippen LogP contribution >= 0.6 is 0 Å². The van der Waals surface area contributed by atoms with Crippen molar-refractivity contribution in [3.05, 3.63) is 0 Å². The zero-order valence-electron chi connectivity index (χ0n) is 20.1. The van der Waals surface area contributed by atoms with Crippen LogP contribution in [0.15, 0.2) is 0 Å². The van der Waals surface area contributed by atoms with E-state index in [0.717, 1.165) is 19.3 Å². The summed E-state index contributed by atoms with van der Waals surface area (Å²) in [6, 6.07) is -0.659. The number of carbonyl (C=O) groups excluding carboxylic acids is 1. The highest BCUT2D eigenvalue weighted by Gasteiger charge is 2.25. The SMILES string of the molecule is CCCCCCCCCCCCCCCCCCNC(=O)C(NC(=O)O)C(C)CC. The predicted octanol–water partition coefficient (Wildman–Crippen LogP) is 7.05. The second-order valence-corrected chi connectivity index (χ2v) is 8.91. The number of amides is 2. The zero-order chi connectivity index (χ0) is 22.5. The fraction of sp³-hybridized carbons (Fsp3) is 0.920. The minimum absolute atomic E-state index is 0.00750. The van der Waals surface area contributed by atoms with Gasteiger partial charge in [-0.15, -0.1) is 0 Å². The molecular weight excluding hydrogens is 376 g/mol. The Balaban J connectivity index is 3.45. The summed E-state index contributed by atoms with van der Waals surface area (Å²) in [5.41, 5.74) is 0. The molecule has 5 heteroatoms. The van der Waals surface area contributed by atoms with Gasteiger partial charge in [-0.2, -0.15) is 0 Å². The third-order valence-electron chi connectivity index (χ3n) is 6.10. The van der Waals surface area contributed by atoms with Crippen molar-refractivity contribution in [1.29, 1.82) is 0 Å². The highest BCUT2D eigenvalue weighted by atomic mass is 16.4. The van der Waals surface area contributed by atoms with Gasteiger partial charge in [0.2, 0.25) is 5.91 Å². The molecule has 2 atom stereocenters. The number of carboxylic acid groups (broad SMARTS) is 1. The number of nitrogens with one attached hydrogen (secondary N) is 2. The van der Waals surface area contributed by atoms with Gasteiger partial charge in [0, 0.05) is 6.54 Å². The van der Waals surface area contributed by atoms with Crippen LogP contribution in [-0.4, -0.2) is 29.7 Å². The lowest BCUT2D eigenvalue weighted by Crippen LogP contribution is -2.50. The molecule has 0 rings (SSSR count). The van der Waals surface area contributed by atoms with Crippen molar-refractivity contribution in [2.75, 3.05) is 6.54 Å². The van der Waals surface area contributed by atoms with Crippen molar-refractivity contribution < 1.29 is 14.7 Å². The summed E-state index contributed by atoms with van der Waals surface area (Å²) < 4.78 is 0. The molecule has 0 radical (unpaired) electrons. The molecule has 0 heterocycles. The van der Waals surface area contributed by atoms with Crippen LogP contribution in [-0.2, 0) is 4.79 Å². The summed E-state index contributed by atoms with van der Waals surface area (Å²) in [5.74, 6) is -0.209. The van der Waals surface area contributed by atoms with E-state index in [1.807, 2.05) is 13.8 Å². The summed E-state index contributed by atoms with van der Waals surface area (Å²) in [6.07, 6.45) is 20.9. The average molecular weight is 427 g/mol. The quantitative estimate of drug-likeness (QED) is 0.172. The van der Waals surface area contributed by atoms with E-state index in [-0.39, 0.29) is 11.8 Å². The zero-order valence-corrected chi connectivity index (χ0v) is 20.1. The minimum atomic E-state index is -1.14. The lowest BCUT2D eigenvalue weighted by atomic mass is 9.98. The van der Waals surface area contributed by atoms with Gasteiger partial charge in [0.25, 0.3) is 0 Å². The van der Waals surface area contributed by atoms with Crippen LogP contribution in [0.2, 0.25) is 0 Å². The van der Waals surface area contributed by atoms with Crippen molar-refractivity contribution in [2.45, 2.75) is 136 Å². The maximum atomic E-state index is 12.2. The van der Waals surface area contributed by atoms with E-state index < -0.39 is 12.1 Å². The maximum Gasteiger partial charge on any atom is 0.405 e. The molecule has 2 amide bonds. The van der Waals surface area contributed by atoms with E-state index in [1.54, 1.807) is 0 Å². The summed E-state index contributed by atoms with van der Waals surface area (Å²) in [7, 11) is 0. The van der Waals surface area contributed by atoms with Gasteiger partial charge in [0.15, 0.2) is 0 Å². The third-order valence-corrected chi connectivity index (χ3v) is 6.10. The van der Waals surface area contributed by atoms with Crippen LogP contribution < -0.4 is 10.6 Å². The Morgan fingerprint density at radius 3 is 1.47 bits per heavy atom. The summed E-state index contributed by atoms with van der Waals surface area (Å²) >= 11 is 0. The molecule has 3 N–H and O–H groups in total. The van der Waals surface area contributed by atoms with Gasteiger partial charge in [0.1, 0.15) is 6.04 Å². The summed E-state index contributed by atoms with van der Waals surface area (Å²) in [4.78, 5) is 23.1. The Bertz CT molecular complexity index is 415. The first-order valence-corrected chi connectivity index (χ1v) is 12.8. The van der Waals surface area contributed by atoms with Crippen LogP contribution in [0.4, 0.5) is 4.79 Å². The fourth-order valence-electron chi connectivity index (χ4n) is 3.83. The first kappa shape index (κ1) is 28.7. The van der Waals surface area contributed by atoms with E-state index in [1.165, 1.54) is 89.9 Å². The van der Waals surface area contributed by atoms with E-state index in [2.05, 4.69) is 17.6 Å². The largest absolute Gasteiger partial charge is 0.465 e. The highest BCUT2D eigenvalue weighted by Crippen LogP contribution is 2.13. The number of unbranched alkanes of at least 4 members (excludes halogenated alkanes) is 15. The molecular formula is C25H50N2O3. The number of carbonyl (C=O) groups is 2. The van der Waals surface area contributed by atoms with Gasteiger partial charge >= 0.3 is 6.09 Å². The normalized spacial score (nSPS) is 13.0. The number of rotatable bonds is 21. The highest BCUT2D eigenvalue weighted by molar-refractivity contribution is 5.85. The van der Waals surface area contributed by atoms with E-state index in [0.29, 0.717) is 6.54 Å². The minimum Gasteiger partial charge on any atom is -0.465 e. The topological polar surface area (TPSA) is 78.4 Å². The third kappa shape index (κ3) is 17.6. The van der Waals surface area contributed by atoms with E-state index in [4.69, 9.17) is 5.11 Å². The predicted molar refractivity (Wildman–Crippen MR) is 127 cm³/mol. The van der Waals surface area contributed by atoms with Crippen LogP contribution in [0.25, 0.3) is 0 Å². The second-order valence-electron chi connectivity index (χ2n) is 8.91. The molecule has 0 aliphatic heterocycles. The number of hydrogen-bond acceptors (Lipinski definition) is 2. The van der Waals surface area contributed by atoms with Crippen molar-refractivity contribution in [3.63, 3.8) is 0 Å². The van der Waals surface area contributed by atoms with Gasteiger partial charge < -0.3 is 15.7 Å². The summed E-state index contributed by atoms with van der Waals surface area (Å²) in [5, 5.41) is 14.1. The molecule has 0 aliphatic carbocycles. The molecule has 0 aliphatic rings. The standard InChI is InChI=1S/C25H50N2O3/c1-4-6-7-8-9-10-11-12-13-14-15-16-17-18-19-20-21-26-24(28)23(22(3)5-2)27-25(29)30/h22-23,27H,4-21H2,1-3H3,(H,26,28)(H,29,30). The Labute approximate surface area is 186 Å². The molecule has 0 spiro atoms. The first-order chi connectivity index (χ1) is 14.5. The van der Waals surface area contributed by atoms with Crippen molar-refractivity contribution in [1.82, 2.24) is 10.6 Å². The van der Waals surface area contributed by atoms with Crippen LogP contribution in [0.5, 0.6) is 0 Å². The maximum absolute atomic E-state index is 12.2. The number of hydrogen-bond donors (Lipinski definition) is 3. The van der Waals surface area contributed by atoms with Gasteiger partial charge in [-0.3, -0.25) is 4.79 Å². The molecule has 0 aromatic rings. The fourth-order valence-corrected chi connectivity index (χ4v) is 3.83. The molecule has 0 aromatic heterocycles. The van der Waals surface area contributed by atoms with Crippen LogP contribution in [0.1, 0.15) is 130 Å². The molecule has 5 nitrogen and oxygen atoms in total. The molecule has 30 heavy (non-hydrogen) atoms. The van der Waals surface area contributed by atoms with Crippen molar-refractivity contribution >= 4 is 12.0 Å². The van der Waals surface area contributed by atoms with Crippen LogP contribution in [0, 0.1) is 5.92 Å². The van der Waals surface area contributed by atoms with Crippen molar-refractivity contribution in [2.24, 2.45) is 5.92 Å². The van der Waals surface area contributed by atoms with Gasteiger partial charge in [-0.25, -0.2) is 4.79 Å². The Morgan fingerprint density at radius 2 is 1.10 bits per heavy atom. The van der Waals surface area contributed by atoms with Gasteiger partial charge in [-0.1, -0.05) is 124 Å². The lowest BCUT2D eigenvalue weighted by Gasteiger charge is -2.22. The second kappa shape index (κ2) is 21.0. The van der Waals surface area contributed by atoms with Gasteiger partial charge in [0.05, 0.1) is 0 Å². The Morgan fingerprint density at radius 1 is 0.700 bits per heavy atom. The lowest BCUT2D eigenvalue weighted by molar-refractivity contribution is -0.124. The molecule has 0 aromatic carbocycles. The Kier molecular flexibility index (Phi) is 20.1. The van der Waals surface area contributed by atoms with Crippen molar-refractivity contribution in [3.8, 4) is 0 Å². The monoisotopic (exact) mass is 426 g/mol. The molecule has 0 saturated heterocycles. The average Bonchev–Trinajstić information content (AvgIpc) is 2.73. The first-order valence-electron chi connectivity index (χ1n) is 12.8. The molecule has 0 fully saturated rings. The Hall–Kier alpha value is -1.26. The summed E-state index contributed by atoms with van der Waals surface area (Å²) in [6.45, 7) is 6.76.